The summed E-state index contributed by atoms with van der Waals surface area (Å²) in [5.41, 5.74) is 0.246. The number of amides is 1. The number of esters is 1. The van der Waals surface area contributed by atoms with Gasteiger partial charge in [0, 0.05) is 5.56 Å². The molecule has 1 aromatic heterocycles. The lowest BCUT2D eigenvalue weighted by atomic mass is 10.0. The Labute approximate surface area is 155 Å². The summed E-state index contributed by atoms with van der Waals surface area (Å²) in [6, 6.07) is 7.52. The van der Waals surface area contributed by atoms with Gasteiger partial charge < -0.3 is 10.1 Å². The van der Waals surface area contributed by atoms with Crippen LogP contribution < -0.4 is 5.32 Å². The van der Waals surface area contributed by atoms with Gasteiger partial charge in [0.1, 0.15) is 11.9 Å². The van der Waals surface area contributed by atoms with Gasteiger partial charge in [-0.2, -0.15) is 0 Å². The van der Waals surface area contributed by atoms with Gasteiger partial charge >= 0.3 is 5.97 Å². The summed E-state index contributed by atoms with van der Waals surface area (Å²) in [4.78, 5) is 37.4. The predicted octanol–water partition coefficient (Wildman–Crippen LogP) is 3.46. The summed E-state index contributed by atoms with van der Waals surface area (Å²) in [6.07, 6.45) is -1.05. The van der Waals surface area contributed by atoms with Gasteiger partial charge in [0.25, 0.3) is 5.91 Å². The summed E-state index contributed by atoms with van der Waals surface area (Å²) >= 11 is 1.26. The molecular formula is C19H20FNO4S. The Morgan fingerprint density at radius 3 is 2.27 bits per heavy atom. The predicted molar refractivity (Wildman–Crippen MR) is 96.7 cm³/mol. The summed E-state index contributed by atoms with van der Waals surface area (Å²) in [5.74, 6) is -2.17. The topological polar surface area (TPSA) is 72.5 Å². The minimum Gasteiger partial charge on any atom is -0.453 e. The number of nitrogens with one attached hydrogen (secondary N) is 1. The monoisotopic (exact) mass is 377 g/mol. The Hall–Kier alpha value is -2.54. The third kappa shape index (κ3) is 4.98. The van der Waals surface area contributed by atoms with Crippen LogP contribution in [-0.4, -0.2) is 29.8 Å². The van der Waals surface area contributed by atoms with Crippen molar-refractivity contribution in [3.63, 3.8) is 0 Å². The van der Waals surface area contributed by atoms with Crippen molar-refractivity contribution >= 4 is 29.0 Å². The lowest BCUT2D eigenvalue weighted by Crippen LogP contribution is -2.46. The number of ketones is 1. The number of hydrogen-bond donors (Lipinski definition) is 1. The van der Waals surface area contributed by atoms with Gasteiger partial charge in [0.2, 0.25) is 5.78 Å². The van der Waals surface area contributed by atoms with Crippen LogP contribution in [0.2, 0.25) is 0 Å². The Morgan fingerprint density at radius 2 is 1.73 bits per heavy atom. The number of benzene rings is 1. The zero-order valence-electron chi connectivity index (χ0n) is 14.7. The number of carbonyl (C=O) groups excluding carboxylic acids is 3. The molecule has 1 N–H and O–H groups in total. The Bertz CT molecular complexity index is 771. The molecule has 0 radical (unpaired) electrons. The number of hydrogen-bond acceptors (Lipinski definition) is 5. The smallest absolute Gasteiger partial charge is 0.329 e. The molecule has 1 heterocycles. The third-order valence-corrected chi connectivity index (χ3v) is 4.61. The van der Waals surface area contributed by atoms with Crippen LogP contribution in [0, 0.1) is 11.7 Å². The zero-order chi connectivity index (χ0) is 19.3. The van der Waals surface area contributed by atoms with Gasteiger partial charge in [0.05, 0.1) is 4.88 Å². The van der Waals surface area contributed by atoms with Gasteiger partial charge in [0.15, 0.2) is 6.10 Å². The second kappa shape index (κ2) is 8.71. The van der Waals surface area contributed by atoms with Crippen LogP contribution in [0.1, 0.15) is 40.8 Å². The fraction of sp³-hybridized carbons (Fsp3) is 0.316. The van der Waals surface area contributed by atoms with Crippen molar-refractivity contribution in [1.29, 1.82) is 0 Å². The normalized spacial score (nSPS) is 13.1. The molecule has 0 fully saturated rings. The van der Waals surface area contributed by atoms with Gasteiger partial charge in [-0.3, -0.25) is 9.59 Å². The first kappa shape index (κ1) is 19.8. The molecule has 2 rings (SSSR count). The van der Waals surface area contributed by atoms with Crippen LogP contribution in [0.4, 0.5) is 4.39 Å². The first-order chi connectivity index (χ1) is 12.3. The zero-order valence-corrected chi connectivity index (χ0v) is 15.5. The fourth-order valence-corrected chi connectivity index (χ4v) is 2.89. The molecule has 1 amide bonds. The average Bonchev–Trinajstić information content (AvgIpc) is 3.13. The third-order valence-electron chi connectivity index (χ3n) is 3.74. The van der Waals surface area contributed by atoms with Crippen LogP contribution in [0.25, 0.3) is 0 Å². The molecule has 0 aliphatic carbocycles. The van der Waals surface area contributed by atoms with Gasteiger partial charge in [-0.15, -0.1) is 11.3 Å². The highest BCUT2D eigenvalue weighted by molar-refractivity contribution is 7.12. The Kier molecular flexibility index (Phi) is 6.63. The maximum Gasteiger partial charge on any atom is 0.329 e. The summed E-state index contributed by atoms with van der Waals surface area (Å²) in [6.45, 7) is 4.99. The molecule has 138 valence electrons. The van der Waals surface area contributed by atoms with Crippen LogP contribution in [0.15, 0.2) is 41.8 Å². The lowest BCUT2D eigenvalue weighted by molar-refractivity contribution is -0.149. The first-order valence-corrected chi connectivity index (χ1v) is 9.02. The van der Waals surface area contributed by atoms with E-state index in [2.05, 4.69) is 5.32 Å². The maximum atomic E-state index is 13.0. The van der Waals surface area contributed by atoms with Crippen molar-refractivity contribution in [2.45, 2.75) is 32.9 Å². The van der Waals surface area contributed by atoms with E-state index < -0.39 is 29.7 Å². The SMILES string of the molecule is CC(C)[C@@H](NC(=O)c1cccs1)C(=O)O[C@H](C)C(=O)c1ccc(F)cc1. The number of halogens is 1. The minimum absolute atomic E-state index is 0.223. The van der Waals surface area contributed by atoms with Crippen molar-refractivity contribution in [3.8, 4) is 0 Å². The standard InChI is InChI=1S/C19H20FNO4S/c1-11(2)16(21-18(23)15-5-4-10-26-15)19(24)25-12(3)17(22)13-6-8-14(20)9-7-13/h4-12,16H,1-3H3,(H,21,23)/t12-,16-/m1/s1. The van der Waals surface area contributed by atoms with Crippen LogP contribution in [0.5, 0.6) is 0 Å². The molecule has 5 nitrogen and oxygen atoms in total. The number of thiophene rings is 1. The average molecular weight is 377 g/mol. The molecule has 0 bridgehead atoms. The molecule has 0 aliphatic rings. The van der Waals surface area contributed by atoms with E-state index in [-0.39, 0.29) is 17.4 Å². The second-order valence-corrected chi connectivity index (χ2v) is 7.07. The van der Waals surface area contributed by atoms with Crippen LogP contribution in [-0.2, 0) is 9.53 Å². The second-order valence-electron chi connectivity index (χ2n) is 6.12. The van der Waals surface area contributed by atoms with E-state index in [1.807, 2.05) is 0 Å². The van der Waals surface area contributed by atoms with Crippen molar-refractivity contribution in [3.05, 3.63) is 58.0 Å². The summed E-state index contributed by atoms with van der Waals surface area (Å²) in [7, 11) is 0. The molecule has 0 saturated heterocycles. The number of carbonyl (C=O) groups is 3. The van der Waals surface area contributed by atoms with E-state index >= 15 is 0 Å². The number of Topliss-reactive ketones (excluding diaryl/α,β-unsaturated/α-hetero) is 1. The highest BCUT2D eigenvalue weighted by Gasteiger charge is 2.29. The Morgan fingerprint density at radius 1 is 1.08 bits per heavy atom. The van der Waals surface area contributed by atoms with E-state index in [0.717, 1.165) is 0 Å². The van der Waals surface area contributed by atoms with Crippen LogP contribution >= 0.6 is 11.3 Å². The summed E-state index contributed by atoms with van der Waals surface area (Å²) < 4.78 is 18.2. The maximum absolute atomic E-state index is 13.0. The van der Waals surface area contributed by atoms with Crippen molar-refractivity contribution in [1.82, 2.24) is 5.32 Å². The Balaban J connectivity index is 2.03. The van der Waals surface area contributed by atoms with Gasteiger partial charge in [-0.25, -0.2) is 9.18 Å². The van der Waals surface area contributed by atoms with E-state index in [4.69, 9.17) is 4.74 Å². The number of rotatable bonds is 7. The van der Waals surface area contributed by atoms with Crippen LogP contribution in [0.3, 0.4) is 0 Å². The van der Waals surface area contributed by atoms with E-state index in [9.17, 15) is 18.8 Å². The molecule has 2 aromatic rings. The minimum atomic E-state index is -1.05. The first-order valence-electron chi connectivity index (χ1n) is 8.14. The molecule has 0 saturated carbocycles. The molecule has 7 heteroatoms. The van der Waals surface area contributed by atoms with Crippen molar-refractivity contribution in [2.75, 3.05) is 0 Å². The quantitative estimate of drug-likeness (QED) is 0.592. The molecular weight excluding hydrogens is 357 g/mol. The van der Waals surface area contributed by atoms with Crippen molar-refractivity contribution < 1.29 is 23.5 Å². The van der Waals surface area contributed by atoms with E-state index in [1.54, 1.807) is 31.4 Å². The molecule has 1 aromatic carbocycles. The van der Waals surface area contributed by atoms with E-state index in [0.29, 0.717) is 4.88 Å². The number of ether oxygens (including phenoxy) is 1. The highest BCUT2D eigenvalue weighted by Crippen LogP contribution is 2.13. The summed E-state index contributed by atoms with van der Waals surface area (Å²) in [5, 5.41) is 4.41. The van der Waals surface area contributed by atoms with E-state index in [1.165, 1.54) is 42.5 Å². The molecule has 0 spiro atoms. The molecule has 26 heavy (non-hydrogen) atoms. The highest BCUT2D eigenvalue weighted by atomic mass is 32.1. The largest absolute Gasteiger partial charge is 0.453 e. The van der Waals surface area contributed by atoms with Gasteiger partial charge in [-0.05, 0) is 48.6 Å². The van der Waals surface area contributed by atoms with Gasteiger partial charge in [-0.1, -0.05) is 19.9 Å². The molecule has 2 atom stereocenters. The lowest BCUT2D eigenvalue weighted by Gasteiger charge is -2.22. The van der Waals surface area contributed by atoms with Crippen molar-refractivity contribution in [2.24, 2.45) is 5.92 Å². The fourth-order valence-electron chi connectivity index (χ4n) is 2.27. The molecule has 0 unspecified atom stereocenters. The molecule has 0 aliphatic heterocycles.